The molecule has 1 aromatic carbocycles. The fraction of sp³-hybridized carbons (Fsp3) is 0.562. The van der Waals surface area contributed by atoms with Gasteiger partial charge in [0.25, 0.3) is 0 Å². The van der Waals surface area contributed by atoms with E-state index in [9.17, 15) is 4.79 Å². The largest absolute Gasteiger partial charge is 0.399 e. The van der Waals surface area contributed by atoms with Crippen LogP contribution in [0.1, 0.15) is 26.3 Å². The van der Waals surface area contributed by atoms with Gasteiger partial charge >= 0.3 is 0 Å². The van der Waals surface area contributed by atoms with Crippen LogP contribution in [0.25, 0.3) is 0 Å². The number of rotatable bonds is 3. The Balaban J connectivity index is 2.04. The first-order valence-electron chi connectivity index (χ1n) is 7.33. The molecule has 5 heteroatoms. The van der Waals surface area contributed by atoms with Crippen molar-refractivity contribution < 1.29 is 4.79 Å². The van der Waals surface area contributed by atoms with Crippen molar-refractivity contribution in [2.45, 2.75) is 38.5 Å². The first kappa shape index (κ1) is 16.2. The van der Waals surface area contributed by atoms with Gasteiger partial charge in [-0.3, -0.25) is 9.69 Å². The Morgan fingerprint density at radius 3 is 2.86 bits per heavy atom. The zero-order valence-corrected chi connectivity index (χ0v) is 14.1. The maximum Gasteiger partial charge on any atom is 0.241 e. The molecule has 1 aliphatic rings. The Kier molecular flexibility index (Phi) is 4.84. The van der Waals surface area contributed by atoms with Crippen molar-refractivity contribution in [2.75, 3.05) is 29.9 Å². The fourth-order valence-corrected chi connectivity index (χ4v) is 3.70. The number of carbonyl (C=O) groups is 1. The van der Waals surface area contributed by atoms with Crippen molar-refractivity contribution in [2.24, 2.45) is 0 Å². The van der Waals surface area contributed by atoms with Crippen LogP contribution in [0.15, 0.2) is 18.2 Å². The molecule has 0 bridgehead atoms. The monoisotopic (exact) mass is 307 g/mol. The van der Waals surface area contributed by atoms with Gasteiger partial charge in [-0.2, -0.15) is 11.8 Å². The number of amides is 1. The predicted octanol–water partition coefficient (Wildman–Crippen LogP) is 2.73. The zero-order valence-electron chi connectivity index (χ0n) is 13.3. The molecule has 0 saturated carbocycles. The summed E-state index contributed by atoms with van der Waals surface area (Å²) in [5.74, 6) is 1.11. The quantitative estimate of drug-likeness (QED) is 0.843. The molecule has 1 atom stereocenters. The van der Waals surface area contributed by atoms with Crippen LogP contribution in [0, 0.1) is 6.92 Å². The number of nitrogens with zero attached hydrogens (tertiary/aromatic N) is 1. The molecule has 1 aromatic rings. The van der Waals surface area contributed by atoms with E-state index in [0.717, 1.165) is 30.1 Å². The van der Waals surface area contributed by atoms with Gasteiger partial charge in [0.05, 0.1) is 6.04 Å². The van der Waals surface area contributed by atoms with Gasteiger partial charge in [-0.1, -0.05) is 6.07 Å². The van der Waals surface area contributed by atoms with E-state index in [2.05, 4.69) is 24.1 Å². The summed E-state index contributed by atoms with van der Waals surface area (Å²) in [6.07, 6.45) is 0. The van der Waals surface area contributed by atoms with Gasteiger partial charge in [0.1, 0.15) is 0 Å². The van der Waals surface area contributed by atoms with Gasteiger partial charge < -0.3 is 11.1 Å². The normalized spacial score (nSPS) is 20.0. The summed E-state index contributed by atoms with van der Waals surface area (Å²) in [5.41, 5.74) is 8.29. The van der Waals surface area contributed by atoms with Crippen molar-refractivity contribution in [3.05, 3.63) is 23.8 Å². The molecule has 0 aliphatic carbocycles. The molecule has 0 spiro atoms. The number of carbonyl (C=O) groups excluding carboxylic acids is 1. The second-order valence-corrected chi connectivity index (χ2v) is 8.12. The Morgan fingerprint density at radius 2 is 2.19 bits per heavy atom. The van der Waals surface area contributed by atoms with Crippen LogP contribution in [0.3, 0.4) is 0 Å². The molecule has 0 radical (unpaired) electrons. The van der Waals surface area contributed by atoms with E-state index < -0.39 is 0 Å². The standard InChI is InChI=1S/C16H25N3OS/c1-11-5-6-13(17)9-14(11)18-15(20)12(2)19-7-8-21-16(3,4)10-19/h5-6,9,12H,7-8,10,17H2,1-4H3,(H,18,20). The van der Waals surface area contributed by atoms with Crippen molar-refractivity contribution in [1.82, 2.24) is 4.90 Å². The van der Waals surface area contributed by atoms with Crippen molar-refractivity contribution in [1.29, 1.82) is 0 Å². The summed E-state index contributed by atoms with van der Waals surface area (Å²) in [7, 11) is 0. The van der Waals surface area contributed by atoms with E-state index in [4.69, 9.17) is 5.73 Å². The number of thioether (sulfide) groups is 1. The van der Waals surface area contributed by atoms with Crippen LogP contribution >= 0.6 is 11.8 Å². The molecule has 1 saturated heterocycles. The first-order valence-corrected chi connectivity index (χ1v) is 8.32. The third kappa shape index (κ3) is 4.14. The Hall–Kier alpha value is -1.20. The lowest BCUT2D eigenvalue weighted by Crippen LogP contribution is -2.51. The summed E-state index contributed by atoms with van der Waals surface area (Å²) in [6.45, 7) is 10.3. The van der Waals surface area contributed by atoms with E-state index in [0.29, 0.717) is 5.69 Å². The molecule has 4 nitrogen and oxygen atoms in total. The maximum atomic E-state index is 12.5. The molecule has 1 fully saturated rings. The number of nitrogens with one attached hydrogen (secondary N) is 1. The summed E-state index contributed by atoms with van der Waals surface area (Å²) < 4.78 is 0.208. The van der Waals surface area contributed by atoms with Gasteiger partial charge in [-0.05, 0) is 45.4 Å². The van der Waals surface area contributed by atoms with Crippen LogP contribution in [0.5, 0.6) is 0 Å². The molecule has 116 valence electrons. The van der Waals surface area contributed by atoms with Gasteiger partial charge in [-0.25, -0.2) is 0 Å². The van der Waals surface area contributed by atoms with Crippen molar-refractivity contribution in [3.8, 4) is 0 Å². The molecule has 1 aliphatic heterocycles. The predicted molar refractivity (Wildman–Crippen MR) is 91.8 cm³/mol. The lowest BCUT2D eigenvalue weighted by Gasteiger charge is -2.40. The van der Waals surface area contributed by atoms with Gasteiger partial charge in [-0.15, -0.1) is 0 Å². The molecular weight excluding hydrogens is 282 g/mol. The molecule has 21 heavy (non-hydrogen) atoms. The van der Waals surface area contributed by atoms with E-state index in [1.165, 1.54) is 0 Å². The van der Waals surface area contributed by atoms with Crippen LogP contribution < -0.4 is 11.1 Å². The first-order chi connectivity index (χ1) is 9.78. The zero-order chi connectivity index (χ0) is 15.6. The minimum absolute atomic E-state index is 0.0337. The average Bonchev–Trinajstić information content (AvgIpc) is 2.41. The average molecular weight is 307 g/mol. The highest BCUT2D eigenvalue weighted by atomic mass is 32.2. The minimum Gasteiger partial charge on any atom is -0.399 e. The topological polar surface area (TPSA) is 58.4 Å². The molecule has 0 aromatic heterocycles. The highest BCUT2D eigenvalue weighted by molar-refractivity contribution is 8.00. The van der Waals surface area contributed by atoms with Crippen molar-refractivity contribution in [3.63, 3.8) is 0 Å². The number of anilines is 2. The highest BCUT2D eigenvalue weighted by Gasteiger charge is 2.32. The molecule has 1 unspecified atom stereocenters. The van der Waals surface area contributed by atoms with Crippen LogP contribution in [0.2, 0.25) is 0 Å². The van der Waals surface area contributed by atoms with Gasteiger partial charge in [0.2, 0.25) is 5.91 Å². The summed E-state index contributed by atoms with van der Waals surface area (Å²) in [5, 5.41) is 3.01. The Labute approximate surface area is 131 Å². The fourth-order valence-electron chi connectivity index (χ4n) is 2.56. The molecular formula is C16H25N3OS. The number of aryl methyl sites for hydroxylation is 1. The van der Waals surface area contributed by atoms with Crippen molar-refractivity contribution >= 4 is 29.0 Å². The smallest absolute Gasteiger partial charge is 0.241 e. The molecule has 1 heterocycles. The lowest BCUT2D eigenvalue weighted by atomic mass is 10.1. The number of benzene rings is 1. The summed E-state index contributed by atoms with van der Waals surface area (Å²) >= 11 is 1.97. The SMILES string of the molecule is Cc1ccc(N)cc1NC(=O)C(C)N1CCSC(C)(C)C1. The van der Waals surface area contributed by atoms with E-state index in [-0.39, 0.29) is 16.7 Å². The van der Waals surface area contributed by atoms with Crippen LogP contribution in [0.4, 0.5) is 11.4 Å². The number of hydrogen-bond acceptors (Lipinski definition) is 4. The van der Waals surface area contributed by atoms with Crippen LogP contribution in [-0.4, -0.2) is 40.4 Å². The van der Waals surface area contributed by atoms with E-state index >= 15 is 0 Å². The number of nitrogens with two attached hydrogens (primary N) is 1. The van der Waals surface area contributed by atoms with Crippen LogP contribution in [-0.2, 0) is 4.79 Å². The third-order valence-electron chi connectivity index (χ3n) is 3.90. The second-order valence-electron chi connectivity index (χ2n) is 6.32. The number of nitrogen functional groups attached to an aromatic ring is 1. The lowest BCUT2D eigenvalue weighted by molar-refractivity contribution is -0.120. The maximum absolute atomic E-state index is 12.5. The highest BCUT2D eigenvalue weighted by Crippen LogP contribution is 2.30. The minimum atomic E-state index is -0.133. The van der Waals surface area contributed by atoms with Gasteiger partial charge in [0.15, 0.2) is 0 Å². The van der Waals surface area contributed by atoms with E-state index in [1.807, 2.05) is 43.8 Å². The Bertz CT molecular complexity index is 530. The Morgan fingerprint density at radius 1 is 1.48 bits per heavy atom. The molecule has 2 rings (SSSR count). The third-order valence-corrected chi connectivity index (χ3v) is 5.20. The summed E-state index contributed by atoms with van der Waals surface area (Å²) in [4.78, 5) is 14.7. The summed E-state index contributed by atoms with van der Waals surface area (Å²) in [6, 6.07) is 5.45. The number of hydrogen-bond donors (Lipinski definition) is 2. The molecule has 3 N–H and O–H groups in total. The molecule has 1 amide bonds. The van der Waals surface area contributed by atoms with Gasteiger partial charge in [0, 0.05) is 35.0 Å². The van der Waals surface area contributed by atoms with E-state index in [1.54, 1.807) is 0 Å². The second kappa shape index (κ2) is 6.28.